The maximum Gasteiger partial charge on any atom is 0.244 e. The van der Waals surface area contributed by atoms with Crippen molar-refractivity contribution < 1.29 is 13.2 Å². The van der Waals surface area contributed by atoms with E-state index in [9.17, 15) is 13.2 Å². The van der Waals surface area contributed by atoms with Crippen molar-refractivity contribution >= 4 is 39.1 Å². The summed E-state index contributed by atoms with van der Waals surface area (Å²) >= 11 is 12.3. The van der Waals surface area contributed by atoms with Crippen molar-refractivity contribution in [3.05, 3.63) is 100 Å². The van der Waals surface area contributed by atoms with Gasteiger partial charge in [-0.15, -0.1) is 0 Å². The molecule has 1 spiro atoms. The van der Waals surface area contributed by atoms with Crippen molar-refractivity contribution in [2.75, 3.05) is 13.1 Å². The zero-order valence-electron chi connectivity index (χ0n) is 19.6. The van der Waals surface area contributed by atoms with E-state index in [-0.39, 0.29) is 40.0 Å². The summed E-state index contributed by atoms with van der Waals surface area (Å²) < 4.78 is 28.2. The van der Waals surface area contributed by atoms with Crippen LogP contribution in [0.15, 0.2) is 83.8 Å². The Balaban J connectivity index is 1.40. The molecule has 0 bridgehead atoms. The van der Waals surface area contributed by atoms with Gasteiger partial charge in [-0.1, -0.05) is 89.9 Å². The second kappa shape index (κ2) is 10.1. The molecule has 0 saturated carbocycles. The summed E-state index contributed by atoms with van der Waals surface area (Å²) in [5, 5.41) is 3.85. The van der Waals surface area contributed by atoms with E-state index in [1.54, 1.807) is 12.1 Å². The fraction of sp³-hybridized carbons (Fsp3) is 0.296. The van der Waals surface area contributed by atoms with Crippen LogP contribution in [0.3, 0.4) is 0 Å². The Morgan fingerprint density at radius 3 is 2.11 bits per heavy atom. The van der Waals surface area contributed by atoms with Crippen LogP contribution in [0.2, 0.25) is 10.0 Å². The number of hydrogen-bond acceptors (Lipinski definition) is 4. The molecule has 188 valence electrons. The van der Waals surface area contributed by atoms with Crippen molar-refractivity contribution in [2.24, 2.45) is 0 Å². The summed E-state index contributed by atoms with van der Waals surface area (Å²) in [6, 6.07) is 24.1. The average Bonchev–Trinajstić information content (AvgIpc) is 3.12. The number of piperidine rings is 1. The smallest absolute Gasteiger partial charge is 0.244 e. The molecule has 9 heteroatoms. The van der Waals surface area contributed by atoms with Gasteiger partial charge < -0.3 is 4.90 Å². The van der Waals surface area contributed by atoms with E-state index in [0.29, 0.717) is 25.8 Å². The third-order valence-corrected chi connectivity index (χ3v) is 9.95. The van der Waals surface area contributed by atoms with Gasteiger partial charge in [0, 0.05) is 19.6 Å². The van der Waals surface area contributed by atoms with Gasteiger partial charge in [0.2, 0.25) is 15.9 Å². The lowest BCUT2D eigenvalue weighted by Crippen LogP contribution is -2.59. The van der Waals surface area contributed by atoms with E-state index in [0.717, 1.165) is 11.1 Å². The molecule has 2 aliphatic rings. The number of hydrogen-bond donors (Lipinski definition) is 1. The van der Waals surface area contributed by atoms with Gasteiger partial charge in [0.15, 0.2) is 0 Å². The lowest BCUT2D eigenvalue weighted by atomic mass is 9.96. The number of benzene rings is 3. The summed E-state index contributed by atoms with van der Waals surface area (Å²) in [5.74, 6) is 0.0388. The topological polar surface area (TPSA) is 69.7 Å². The van der Waals surface area contributed by atoms with Crippen LogP contribution < -0.4 is 5.32 Å². The Labute approximate surface area is 221 Å². The Kier molecular flexibility index (Phi) is 7.12. The Morgan fingerprint density at radius 2 is 1.47 bits per heavy atom. The summed E-state index contributed by atoms with van der Waals surface area (Å²) in [7, 11) is -3.83. The summed E-state index contributed by atoms with van der Waals surface area (Å²) in [6.45, 7) is 0.981. The van der Waals surface area contributed by atoms with Gasteiger partial charge in [-0.05, 0) is 42.5 Å². The van der Waals surface area contributed by atoms with Crippen LogP contribution in [0.5, 0.6) is 0 Å². The quantitative estimate of drug-likeness (QED) is 0.488. The first-order valence-electron chi connectivity index (χ1n) is 11.9. The molecule has 0 unspecified atom stereocenters. The zero-order chi connectivity index (χ0) is 25.3. The predicted octanol–water partition coefficient (Wildman–Crippen LogP) is 4.72. The minimum absolute atomic E-state index is 0.00571. The molecule has 6 nitrogen and oxygen atoms in total. The fourth-order valence-electron chi connectivity index (χ4n) is 5.18. The van der Waals surface area contributed by atoms with Gasteiger partial charge in [0.25, 0.3) is 0 Å². The fourth-order valence-corrected chi connectivity index (χ4v) is 7.36. The number of carbonyl (C=O) groups excluding carboxylic acids is 1. The number of carbonyl (C=O) groups is 1. The Bertz CT molecular complexity index is 1350. The third kappa shape index (κ3) is 4.78. The van der Waals surface area contributed by atoms with Crippen LogP contribution in [-0.2, 0) is 27.8 Å². The van der Waals surface area contributed by atoms with E-state index < -0.39 is 15.7 Å². The predicted molar refractivity (Wildman–Crippen MR) is 141 cm³/mol. The van der Waals surface area contributed by atoms with E-state index in [1.165, 1.54) is 10.4 Å². The van der Waals surface area contributed by atoms with E-state index in [2.05, 4.69) is 5.32 Å². The first-order chi connectivity index (χ1) is 17.3. The van der Waals surface area contributed by atoms with E-state index in [1.807, 2.05) is 65.6 Å². The van der Waals surface area contributed by atoms with Crippen LogP contribution in [0, 0.1) is 0 Å². The number of nitrogens with zero attached hydrogens (tertiary/aromatic N) is 2. The highest BCUT2D eigenvalue weighted by atomic mass is 35.5. The van der Waals surface area contributed by atoms with Gasteiger partial charge in [0.05, 0.1) is 21.7 Å². The standard InChI is InChI=1S/C27H27Cl2N3O3S/c28-22-12-7-13-24(25(22)29)36(34,35)31-16-14-27(15-17-31)30-23(18-20-8-3-1-4-9-20)26(33)32(27)19-21-10-5-2-6-11-21/h1-13,23,30H,14-19H2/t23-/m1/s1. The molecule has 0 aromatic heterocycles. The highest BCUT2D eigenvalue weighted by molar-refractivity contribution is 7.89. The molecule has 3 aromatic carbocycles. The molecule has 1 atom stereocenters. The molecule has 3 aromatic rings. The molecule has 2 heterocycles. The molecule has 5 rings (SSSR count). The molecule has 1 amide bonds. The molecule has 0 radical (unpaired) electrons. The van der Waals surface area contributed by atoms with Gasteiger partial charge in [-0.25, -0.2) is 8.42 Å². The summed E-state index contributed by atoms with van der Waals surface area (Å²) in [6.07, 6.45) is 1.51. The third-order valence-electron chi connectivity index (χ3n) is 7.07. The van der Waals surface area contributed by atoms with Crippen LogP contribution in [-0.4, -0.2) is 48.3 Å². The largest absolute Gasteiger partial charge is 0.319 e. The normalized spacial score (nSPS) is 20.2. The monoisotopic (exact) mass is 543 g/mol. The van der Waals surface area contributed by atoms with Gasteiger partial charge in [0.1, 0.15) is 4.90 Å². The molecule has 2 fully saturated rings. The highest BCUT2D eigenvalue weighted by Gasteiger charge is 2.52. The number of rotatable bonds is 6. The molecular weight excluding hydrogens is 517 g/mol. The second-order valence-electron chi connectivity index (χ2n) is 9.28. The molecule has 0 aliphatic carbocycles. The second-order valence-corrected chi connectivity index (χ2v) is 12.0. The van der Waals surface area contributed by atoms with Gasteiger partial charge in [-0.3, -0.25) is 10.1 Å². The van der Waals surface area contributed by atoms with Crippen LogP contribution in [0.1, 0.15) is 24.0 Å². The first kappa shape index (κ1) is 25.2. The molecule has 36 heavy (non-hydrogen) atoms. The van der Waals surface area contributed by atoms with Crippen molar-refractivity contribution in [2.45, 2.75) is 42.4 Å². The molecule has 1 N–H and O–H groups in total. The van der Waals surface area contributed by atoms with Crippen LogP contribution in [0.4, 0.5) is 0 Å². The minimum Gasteiger partial charge on any atom is -0.319 e. The SMILES string of the molecule is O=C1[C@@H](Cc2ccccc2)NC2(CCN(S(=O)(=O)c3cccc(Cl)c3Cl)CC2)N1Cc1ccccc1. The number of halogens is 2. The number of amides is 1. The van der Waals surface area contributed by atoms with Crippen molar-refractivity contribution in [3.8, 4) is 0 Å². The number of sulfonamides is 1. The average molecular weight is 545 g/mol. The molecule has 2 aliphatic heterocycles. The van der Waals surface area contributed by atoms with Crippen molar-refractivity contribution in [3.63, 3.8) is 0 Å². The number of nitrogens with one attached hydrogen (secondary N) is 1. The van der Waals surface area contributed by atoms with Gasteiger partial charge >= 0.3 is 0 Å². The van der Waals surface area contributed by atoms with Crippen LogP contribution in [0.25, 0.3) is 0 Å². The van der Waals surface area contributed by atoms with Crippen LogP contribution >= 0.6 is 23.2 Å². The molecular formula is C27H27Cl2N3O3S. The van der Waals surface area contributed by atoms with E-state index in [4.69, 9.17) is 23.2 Å². The van der Waals surface area contributed by atoms with E-state index >= 15 is 0 Å². The maximum atomic E-state index is 13.7. The highest BCUT2D eigenvalue weighted by Crippen LogP contribution is 2.38. The van der Waals surface area contributed by atoms with Gasteiger partial charge in [-0.2, -0.15) is 4.31 Å². The minimum atomic E-state index is -3.83. The molecule has 2 saturated heterocycles. The summed E-state index contributed by atoms with van der Waals surface area (Å²) in [5.41, 5.74) is 1.49. The van der Waals surface area contributed by atoms with Crippen molar-refractivity contribution in [1.82, 2.24) is 14.5 Å². The maximum absolute atomic E-state index is 13.7. The Hall–Kier alpha value is -2.42. The zero-order valence-corrected chi connectivity index (χ0v) is 21.9. The lowest BCUT2D eigenvalue weighted by molar-refractivity contribution is -0.134. The van der Waals surface area contributed by atoms with Crippen molar-refractivity contribution in [1.29, 1.82) is 0 Å². The summed E-state index contributed by atoms with van der Waals surface area (Å²) in [4.78, 5) is 15.6. The first-order valence-corrected chi connectivity index (χ1v) is 14.1. The Morgan fingerprint density at radius 1 is 0.861 bits per heavy atom. The lowest BCUT2D eigenvalue weighted by Gasteiger charge is -2.44.